The molecule has 1 aliphatic rings. The minimum atomic E-state index is 0.426. The number of nitrogens with zero attached hydrogens (tertiary/aromatic N) is 1. The molecular weight excluding hydrogens is 256 g/mol. The predicted octanol–water partition coefficient (Wildman–Crippen LogP) is 4.09. The molecule has 0 bridgehead atoms. The summed E-state index contributed by atoms with van der Waals surface area (Å²) >= 11 is 0. The Morgan fingerprint density at radius 2 is 1.86 bits per heavy atom. The summed E-state index contributed by atoms with van der Waals surface area (Å²) in [4.78, 5) is 2.60. The second-order valence-corrected chi connectivity index (χ2v) is 6.96. The quantitative estimate of drug-likeness (QED) is 0.736. The van der Waals surface area contributed by atoms with Gasteiger partial charge in [0.25, 0.3) is 0 Å². The zero-order valence-electron chi connectivity index (χ0n) is 14.2. The Bertz CT molecular complexity index is 397. The van der Waals surface area contributed by atoms with Gasteiger partial charge in [-0.2, -0.15) is 0 Å². The van der Waals surface area contributed by atoms with Gasteiger partial charge in [-0.15, -0.1) is 0 Å². The summed E-state index contributed by atoms with van der Waals surface area (Å²) < 4.78 is 0. The summed E-state index contributed by atoms with van der Waals surface area (Å²) in [6.07, 6.45) is 4.03. The van der Waals surface area contributed by atoms with Crippen LogP contribution in [0.3, 0.4) is 0 Å². The van der Waals surface area contributed by atoms with Crippen molar-refractivity contribution in [3.63, 3.8) is 0 Å². The van der Waals surface area contributed by atoms with Gasteiger partial charge >= 0.3 is 0 Å². The Labute approximate surface area is 130 Å². The van der Waals surface area contributed by atoms with Crippen LogP contribution in [0.25, 0.3) is 0 Å². The molecule has 1 aromatic carbocycles. The van der Waals surface area contributed by atoms with E-state index in [1.807, 2.05) is 0 Å². The average molecular weight is 288 g/mol. The SMILES string of the molecule is CCCNC(c1ccccc1)C(C(C)C)N(C)CC1CC1. The number of rotatable bonds is 9. The molecule has 0 amide bonds. The van der Waals surface area contributed by atoms with E-state index in [4.69, 9.17) is 0 Å². The number of likely N-dealkylation sites (N-methyl/N-ethyl adjacent to an activating group) is 1. The van der Waals surface area contributed by atoms with Crippen LogP contribution in [-0.2, 0) is 0 Å². The Balaban J connectivity index is 2.16. The number of hydrogen-bond acceptors (Lipinski definition) is 2. The molecule has 1 N–H and O–H groups in total. The molecule has 1 fully saturated rings. The molecule has 2 heteroatoms. The van der Waals surface area contributed by atoms with Crippen molar-refractivity contribution in [2.75, 3.05) is 20.1 Å². The lowest BCUT2D eigenvalue weighted by atomic mass is 9.89. The highest BCUT2D eigenvalue weighted by Gasteiger charge is 2.32. The summed E-state index contributed by atoms with van der Waals surface area (Å²) in [7, 11) is 2.31. The molecule has 21 heavy (non-hydrogen) atoms. The molecule has 1 aliphatic carbocycles. The van der Waals surface area contributed by atoms with Gasteiger partial charge in [-0.3, -0.25) is 0 Å². The molecule has 2 nitrogen and oxygen atoms in total. The van der Waals surface area contributed by atoms with Gasteiger partial charge in [-0.1, -0.05) is 51.1 Å². The molecule has 0 aromatic heterocycles. The molecule has 118 valence electrons. The van der Waals surface area contributed by atoms with E-state index < -0.39 is 0 Å². The van der Waals surface area contributed by atoms with Crippen LogP contribution in [0.15, 0.2) is 30.3 Å². The van der Waals surface area contributed by atoms with Gasteiger partial charge in [0.15, 0.2) is 0 Å². The number of nitrogens with one attached hydrogen (secondary N) is 1. The van der Waals surface area contributed by atoms with Crippen LogP contribution in [0.1, 0.15) is 51.6 Å². The summed E-state index contributed by atoms with van der Waals surface area (Å²) in [6.45, 7) is 9.29. The zero-order valence-corrected chi connectivity index (χ0v) is 14.2. The fourth-order valence-electron chi connectivity index (χ4n) is 3.37. The van der Waals surface area contributed by atoms with Crippen molar-refractivity contribution in [1.82, 2.24) is 10.2 Å². The van der Waals surface area contributed by atoms with Crippen LogP contribution in [0.2, 0.25) is 0 Å². The first-order valence-corrected chi connectivity index (χ1v) is 8.62. The maximum absolute atomic E-state index is 3.80. The fourth-order valence-corrected chi connectivity index (χ4v) is 3.37. The number of hydrogen-bond donors (Lipinski definition) is 1. The maximum atomic E-state index is 3.80. The monoisotopic (exact) mass is 288 g/mol. The van der Waals surface area contributed by atoms with Gasteiger partial charge in [-0.25, -0.2) is 0 Å². The first kappa shape index (κ1) is 16.5. The first-order chi connectivity index (χ1) is 10.1. The lowest BCUT2D eigenvalue weighted by Gasteiger charge is -2.38. The highest BCUT2D eigenvalue weighted by molar-refractivity contribution is 5.21. The molecule has 0 radical (unpaired) electrons. The van der Waals surface area contributed by atoms with E-state index in [2.05, 4.69) is 68.4 Å². The minimum absolute atomic E-state index is 0.426. The molecule has 1 aromatic rings. The molecule has 0 spiro atoms. The third kappa shape index (κ3) is 4.82. The largest absolute Gasteiger partial charge is 0.309 e. The average Bonchev–Trinajstić information content (AvgIpc) is 3.27. The molecule has 2 atom stereocenters. The van der Waals surface area contributed by atoms with Crippen LogP contribution in [-0.4, -0.2) is 31.1 Å². The van der Waals surface area contributed by atoms with Gasteiger partial charge in [0.05, 0.1) is 0 Å². The van der Waals surface area contributed by atoms with Crippen LogP contribution in [0.4, 0.5) is 0 Å². The molecular formula is C19H32N2. The van der Waals surface area contributed by atoms with Gasteiger partial charge in [-0.05, 0) is 50.3 Å². The second-order valence-electron chi connectivity index (χ2n) is 6.96. The zero-order chi connectivity index (χ0) is 15.2. The Morgan fingerprint density at radius 3 is 2.38 bits per heavy atom. The molecule has 0 heterocycles. The second kappa shape index (κ2) is 7.95. The molecule has 0 saturated heterocycles. The summed E-state index contributed by atoms with van der Waals surface area (Å²) in [6, 6.07) is 12.0. The van der Waals surface area contributed by atoms with E-state index in [9.17, 15) is 0 Å². The maximum Gasteiger partial charge on any atom is 0.0480 e. The van der Waals surface area contributed by atoms with E-state index in [0.717, 1.165) is 12.5 Å². The van der Waals surface area contributed by atoms with E-state index in [1.165, 1.54) is 31.4 Å². The summed E-state index contributed by atoms with van der Waals surface area (Å²) in [5.74, 6) is 1.59. The Morgan fingerprint density at radius 1 is 1.19 bits per heavy atom. The third-order valence-electron chi connectivity index (χ3n) is 4.55. The van der Waals surface area contributed by atoms with Crippen LogP contribution >= 0.6 is 0 Å². The smallest absolute Gasteiger partial charge is 0.0480 e. The molecule has 2 unspecified atom stereocenters. The van der Waals surface area contributed by atoms with Crippen molar-refractivity contribution >= 4 is 0 Å². The van der Waals surface area contributed by atoms with Crippen molar-refractivity contribution in [1.29, 1.82) is 0 Å². The van der Waals surface area contributed by atoms with Crippen molar-refractivity contribution in [3.8, 4) is 0 Å². The topological polar surface area (TPSA) is 15.3 Å². The normalized spacial score (nSPS) is 18.2. The Hall–Kier alpha value is -0.860. The lowest BCUT2D eigenvalue weighted by Crippen LogP contribution is -2.47. The van der Waals surface area contributed by atoms with Crippen LogP contribution < -0.4 is 5.32 Å². The van der Waals surface area contributed by atoms with E-state index in [-0.39, 0.29) is 0 Å². The first-order valence-electron chi connectivity index (χ1n) is 8.62. The minimum Gasteiger partial charge on any atom is -0.309 e. The van der Waals surface area contributed by atoms with E-state index in [1.54, 1.807) is 0 Å². The van der Waals surface area contributed by atoms with Gasteiger partial charge in [0.1, 0.15) is 0 Å². The van der Waals surface area contributed by atoms with E-state index in [0.29, 0.717) is 18.0 Å². The molecule has 0 aliphatic heterocycles. The summed E-state index contributed by atoms with van der Waals surface area (Å²) in [5, 5.41) is 3.80. The van der Waals surface area contributed by atoms with Crippen molar-refractivity contribution in [2.24, 2.45) is 11.8 Å². The highest BCUT2D eigenvalue weighted by atomic mass is 15.2. The predicted molar refractivity (Wildman–Crippen MR) is 91.5 cm³/mol. The summed E-state index contributed by atoms with van der Waals surface area (Å²) in [5.41, 5.74) is 1.42. The van der Waals surface area contributed by atoms with Crippen LogP contribution in [0, 0.1) is 11.8 Å². The van der Waals surface area contributed by atoms with Gasteiger partial charge in [0, 0.05) is 18.6 Å². The third-order valence-corrected chi connectivity index (χ3v) is 4.55. The lowest BCUT2D eigenvalue weighted by molar-refractivity contribution is 0.141. The molecule has 2 rings (SSSR count). The fraction of sp³-hybridized carbons (Fsp3) is 0.684. The van der Waals surface area contributed by atoms with Crippen molar-refractivity contribution in [2.45, 2.75) is 52.1 Å². The van der Waals surface area contributed by atoms with Crippen LogP contribution in [0.5, 0.6) is 0 Å². The Kier molecular flexibility index (Phi) is 6.25. The highest BCUT2D eigenvalue weighted by Crippen LogP contribution is 2.33. The molecule has 1 saturated carbocycles. The number of benzene rings is 1. The van der Waals surface area contributed by atoms with Gasteiger partial charge in [0.2, 0.25) is 0 Å². The van der Waals surface area contributed by atoms with E-state index >= 15 is 0 Å². The van der Waals surface area contributed by atoms with Gasteiger partial charge < -0.3 is 10.2 Å². The standard InChI is InChI=1S/C19H32N2/c1-5-13-20-18(17-9-7-6-8-10-17)19(15(2)3)21(4)14-16-11-12-16/h6-10,15-16,18-20H,5,11-14H2,1-4H3. The van der Waals surface area contributed by atoms with Crippen molar-refractivity contribution in [3.05, 3.63) is 35.9 Å². The van der Waals surface area contributed by atoms with Crippen molar-refractivity contribution < 1.29 is 0 Å².